The average Bonchev–Trinajstić information content (AvgIpc) is 2.60. The molecule has 0 aromatic heterocycles. The number of aliphatic carboxylic acids is 1. The van der Waals surface area contributed by atoms with E-state index in [0.717, 1.165) is 30.8 Å². The summed E-state index contributed by atoms with van der Waals surface area (Å²) in [6.07, 6.45) is 1.25. The number of ether oxygens (including phenoxy) is 1. The molecule has 1 aliphatic heterocycles. The number of nitrogens with zero attached hydrogens (tertiary/aromatic N) is 1. The summed E-state index contributed by atoms with van der Waals surface area (Å²) >= 11 is 3.55. The zero-order valence-corrected chi connectivity index (χ0v) is 16.1. The van der Waals surface area contributed by atoms with Crippen molar-refractivity contribution < 1.29 is 14.6 Å². The highest BCUT2D eigenvalue weighted by Gasteiger charge is 2.34. The van der Waals surface area contributed by atoms with Gasteiger partial charge in [-0.25, -0.2) is 0 Å². The van der Waals surface area contributed by atoms with Crippen LogP contribution in [-0.4, -0.2) is 43.9 Å². The molecule has 0 amide bonds. The maximum atomic E-state index is 11.6. The van der Waals surface area contributed by atoms with Crippen molar-refractivity contribution in [3.8, 4) is 0 Å². The van der Waals surface area contributed by atoms with Crippen molar-refractivity contribution in [2.24, 2.45) is 5.41 Å². The van der Waals surface area contributed by atoms with Crippen molar-refractivity contribution in [2.75, 3.05) is 37.7 Å². The predicted molar refractivity (Wildman–Crippen MR) is 99.5 cm³/mol. The molecule has 6 heteroatoms. The van der Waals surface area contributed by atoms with Crippen molar-refractivity contribution in [1.29, 1.82) is 0 Å². The summed E-state index contributed by atoms with van der Waals surface area (Å²) in [6, 6.07) is 6.26. The van der Waals surface area contributed by atoms with Gasteiger partial charge < -0.3 is 20.1 Å². The fourth-order valence-electron chi connectivity index (χ4n) is 3.10. The van der Waals surface area contributed by atoms with Crippen LogP contribution in [0.3, 0.4) is 0 Å². The van der Waals surface area contributed by atoms with E-state index in [1.807, 2.05) is 19.9 Å². The van der Waals surface area contributed by atoms with Gasteiger partial charge in [0.15, 0.2) is 0 Å². The van der Waals surface area contributed by atoms with E-state index in [2.05, 4.69) is 38.3 Å². The Morgan fingerprint density at radius 3 is 2.58 bits per heavy atom. The molecule has 0 unspecified atom stereocenters. The van der Waals surface area contributed by atoms with Gasteiger partial charge >= 0.3 is 5.97 Å². The lowest BCUT2D eigenvalue weighted by Crippen LogP contribution is -2.40. The first-order chi connectivity index (χ1) is 11.5. The molecule has 1 saturated heterocycles. The lowest BCUT2D eigenvalue weighted by atomic mass is 9.82. The summed E-state index contributed by atoms with van der Waals surface area (Å²) in [4.78, 5) is 13.9. The van der Waals surface area contributed by atoms with Gasteiger partial charge in [-0.15, -0.1) is 0 Å². The summed E-state index contributed by atoms with van der Waals surface area (Å²) in [5.41, 5.74) is 1.69. The lowest BCUT2D eigenvalue weighted by Gasteiger charge is -2.31. The van der Waals surface area contributed by atoms with Gasteiger partial charge in [0.2, 0.25) is 0 Å². The summed E-state index contributed by atoms with van der Waals surface area (Å²) in [7, 11) is 0. The summed E-state index contributed by atoms with van der Waals surface area (Å²) < 4.78 is 6.49. The SMILES string of the molecule is CCC(CC)(CNCc1ccc(Br)cc1N1CCOCC1)C(=O)O. The smallest absolute Gasteiger partial charge is 0.310 e. The second-order valence-corrected chi connectivity index (χ2v) is 7.18. The van der Waals surface area contributed by atoms with Gasteiger partial charge in [0.25, 0.3) is 0 Å². The van der Waals surface area contributed by atoms with Crippen LogP contribution in [0.15, 0.2) is 22.7 Å². The number of hydrogen-bond acceptors (Lipinski definition) is 4. The molecular weight excluding hydrogens is 372 g/mol. The van der Waals surface area contributed by atoms with Gasteiger partial charge in [-0.05, 0) is 30.5 Å². The molecule has 5 nitrogen and oxygen atoms in total. The van der Waals surface area contributed by atoms with E-state index >= 15 is 0 Å². The second-order valence-electron chi connectivity index (χ2n) is 6.27. The van der Waals surface area contributed by atoms with E-state index < -0.39 is 11.4 Å². The second kappa shape index (κ2) is 8.83. The Balaban J connectivity index is 2.08. The summed E-state index contributed by atoms with van der Waals surface area (Å²) in [5, 5.41) is 12.9. The van der Waals surface area contributed by atoms with Crippen molar-refractivity contribution in [3.05, 3.63) is 28.2 Å². The van der Waals surface area contributed by atoms with Crippen LogP contribution in [0.1, 0.15) is 32.3 Å². The third-order valence-corrected chi connectivity index (χ3v) is 5.48. The van der Waals surface area contributed by atoms with E-state index in [9.17, 15) is 9.90 Å². The molecule has 0 aliphatic carbocycles. The van der Waals surface area contributed by atoms with Crippen LogP contribution in [0.2, 0.25) is 0 Å². The Kier molecular flexibility index (Phi) is 7.07. The molecule has 1 aromatic rings. The molecule has 2 N–H and O–H groups in total. The number of nitrogens with one attached hydrogen (secondary N) is 1. The maximum Gasteiger partial charge on any atom is 0.310 e. The highest BCUT2D eigenvalue weighted by atomic mass is 79.9. The minimum Gasteiger partial charge on any atom is -0.481 e. The summed E-state index contributed by atoms with van der Waals surface area (Å²) in [5.74, 6) is -0.718. The van der Waals surface area contributed by atoms with Crippen LogP contribution < -0.4 is 10.2 Å². The topological polar surface area (TPSA) is 61.8 Å². The van der Waals surface area contributed by atoms with Gasteiger partial charge in [-0.3, -0.25) is 4.79 Å². The molecule has 1 aromatic carbocycles. The molecule has 1 fully saturated rings. The van der Waals surface area contributed by atoms with Crippen LogP contribution in [-0.2, 0) is 16.1 Å². The third kappa shape index (κ3) is 4.49. The van der Waals surface area contributed by atoms with Crippen LogP contribution in [0.4, 0.5) is 5.69 Å². The molecule has 134 valence electrons. The number of halogens is 1. The maximum absolute atomic E-state index is 11.6. The number of anilines is 1. The third-order valence-electron chi connectivity index (χ3n) is 4.99. The zero-order valence-electron chi connectivity index (χ0n) is 14.5. The van der Waals surface area contributed by atoms with E-state index in [-0.39, 0.29) is 0 Å². The Labute approximate surface area is 152 Å². The van der Waals surface area contributed by atoms with E-state index in [0.29, 0.717) is 25.9 Å². The molecule has 24 heavy (non-hydrogen) atoms. The highest BCUT2D eigenvalue weighted by Crippen LogP contribution is 2.28. The van der Waals surface area contributed by atoms with Gasteiger partial charge in [0.1, 0.15) is 0 Å². The highest BCUT2D eigenvalue weighted by molar-refractivity contribution is 9.10. The van der Waals surface area contributed by atoms with Crippen LogP contribution >= 0.6 is 15.9 Å². The number of carboxylic acid groups (broad SMARTS) is 1. The van der Waals surface area contributed by atoms with E-state index in [4.69, 9.17) is 4.74 Å². The van der Waals surface area contributed by atoms with Gasteiger partial charge in [-0.2, -0.15) is 0 Å². The fourth-order valence-corrected chi connectivity index (χ4v) is 3.45. The Bertz CT molecular complexity index is 555. The van der Waals surface area contributed by atoms with Crippen molar-refractivity contribution in [2.45, 2.75) is 33.2 Å². The number of hydrogen-bond donors (Lipinski definition) is 2. The molecule has 2 rings (SSSR count). The molecule has 0 bridgehead atoms. The molecule has 0 radical (unpaired) electrons. The molecule has 0 saturated carbocycles. The van der Waals surface area contributed by atoms with E-state index in [1.165, 1.54) is 11.3 Å². The number of morpholine rings is 1. The molecule has 1 aliphatic rings. The Hall–Kier alpha value is -1.11. The lowest BCUT2D eigenvalue weighted by molar-refractivity contribution is -0.149. The molecule has 0 spiro atoms. The van der Waals surface area contributed by atoms with Crippen LogP contribution in [0, 0.1) is 5.41 Å². The zero-order chi connectivity index (χ0) is 17.6. The molecular formula is C18H27BrN2O3. The van der Waals surface area contributed by atoms with Crippen LogP contribution in [0.5, 0.6) is 0 Å². The largest absolute Gasteiger partial charge is 0.481 e. The van der Waals surface area contributed by atoms with Crippen molar-refractivity contribution in [3.63, 3.8) is 0 Å². The Morgan fingerprint density at radius 2 is 2.00 bits per heavy atom. The number of carboxylic acids is 1. The van der Waals surface area contributed by atoms with Crippen LogP contribution in [0.25, 0.3) is 0 Å². The summed E-state index contributed by atoms with van der Waals surface area (Å²) in [6.45, 7) is 8.28. The van der Waals surface area contributed by atoms with Gasteiger partial charge in [0, 0.05) is 36.3 Å². The molecule has 1 heterocycles. The average molecular weight is 399 g/mol. The van der Waals surface area contributed by atoms with Crippen molar-refractivity contribution >= 4 is 27.6 Å². The first-order valence-electron chi connectivity index (χ1n) is 8.57. The first-order valence-corrected chi connectivity index (χ1v) is 9.37. The quantitative estimate of drug-likeness (QED) is 0.703. The molecule has 0 atom stereocenters. The predicted octanol–water partition coefficient (Wildman–Crippen LogP) is 3.27. The van der Waals surface area contributed by atoms with Gasteiger partial charge in [-0.1, -0.05) is 35.8 Å². The standard InChI is InChI=1S/C18H27BrN2O3/c1-3-18(4-2,17(22)23)13-20-12-14-5-6-15(19)11-16(14)21-7-9-24-10-8-21/h5-6,11,20H,3-4,7-10,12-13H2,1-2H3,(H,22,23). The fraction of sp³-hybridized carbons (Fsp3) is 0.611. The number of rotatable bonds is 8. The monoisotopic (exact) mass is 398 g/mol. The first kappa shape index (κ1) is 19.2. The van der Waals surface area contributed by atoms with E-state index in [1.54, 1.807) is 0 Å². The Morgan fingerprint density at radius 1 is 1.33 bits per heavy atom. The normalized spacial score (nSPS) is 15.5. The minimum atomic E-state index is -0.718. The minimum absolute atomic E-state index is 0.480. The van der Waals surface area contributed by atoms with Crippen molar-refractivity contribution in [1.82, 2.24) is 5.32 Å². The van der Waals surface area contributed by atoms with Gasteiger partial charge in [0.05, 0.1) is 18.6 Å². The number of carbonyl (C=O) groups is 1. The number of benzene rings is 1.